The largest absolute Gasteiger partial charge is 0.508 e. The number of ether oxygens (including phenoxy) is 1. The topological polar surface area (TPSA) is 29.5 Å². The molecule has 16 heavy (non-hydrogen) atoms. The van der Waals surface area contributed by atoms with E-state index in [1.54, 1.807) is 6.07 Å². The van der Waals surface area contributed by atoms with E-state index in [0.29, 0.717) is 12.4 Å². The average molecular weight is 222 g/mol. The van der Waals surface area contributed by atoms with Crippen LogP contribution in [0.4, 0.5) is 0 Å². The number of aromatic hydroxyl groups is 1. The molecule has 0 saturated heterocycles. The highest BCUT2D eigenvalue weighted by atomic mass is 16.5. The highest BCUT2D eigenvalue weighted by molar-refractivity contribution is 5.37. The van der Waals surface area contributed by atoms with Crippen molar-refractivity contribution in [1.82, 2.24) is 0 Å². The molecule has 1 aromatic rings. The van der Waals surface area contributed by atoms with Gasteiger partial charge >= 0.3 is 0 Å². The number of aryl methyl sites for hydroxylation is 1. The van der Waals surface area contributed by atoms with Crippen molar-refractivity contribution in [2.45, 2.75) is 46.0 Å². The molecule has 0 aromatic heterocycles. The van der Waals surface area contributed by atoms with Crippen LogP contribution >= 0.6 is 0 Å². The number of phenolic OH excluding ortho intramolecular Hbond substituents is 1. The van der Waals surface area contributed by atoms with E-state index in [1.807, 2.05) is 19.1 Å². The zero-order chi connectivity index (χ0) is 11.8. The zero-order valence-electron chi connectivity index (χ0n) is 10.3. The third kappa shape index (κ3) is 4.56. The third-order valence-electron chi connectivity index (χ3n) is 2.58. The lowest BCUT2D eigenvalue weighted by atomic mass is 10.1. The summed E-state index contributed by atoms with van der Waals surface area (Å²) >= 11 is 0. The van der Waals surface area contributed by atoms with E-state index in [9.17, 15) is 5.11 Å². The molecular formula is C14H22O2. The molecule has 90 valence electrons. The van der Waals surface area contributed by atoms with E-state index in [-0.39, 0.29) is 0 Å². The van der Waals surface area contributed by atoms with Crippen molar-refractivity contribution in [3.63, 3.8) is 0 Å². The maximum Gasteiger partial charge on any atom is 0.123 e. The standard InChI is InChI=1S/C14H22O2/c1-3-5-6-7-8-12-9-13(15)11-14(10-12)16-4-2/h9-11,15H,3-8H2,1-2H3. The first-order chi connectivity index (χ1) is 7.76. The molecule has 1 N–H and O–H groups in total. The molecule has 0 bridgehead atoms. The first-order valence-corrected chi connectivity index (χ1v) is 6.22. The van der Waals surface area contributed by atoms with Crippen molar-refractivity contribution in [2.24, 2.45) is 0 Å². The lowest BCUT2D eigenvalue weighted by Gasteiger charge is -2.07. The Bertz CT molecular complexity index is 308. The van der Waals surface area contributed by atoms with Crippen LogP contribution in [0, 0.1) is 0 Å². The van der Waals surface area contributed by atoms with Gasteiger partial charge in [-0.3, -0.25) is 0 Å². The van der Waals surface area contributed by atoms with Crippen LogP contribution in [0.1, 0.15) is 45.1 Å². The second-order valence-electron chi connectivity index (χ2n) is 4.08. The molecule has 0 amide bonds. The van der Waals surface area contributed by atoms with Gasteiger partial charge in [-0.1, -0.05) is 26.2 Å². The maximum absolute atomic E-state index is 9.54. The van der Waals surface area contributed by atoms with Gasteiger partial charge in [0.15, 0.2) is 0 Å². The van der Waals surface area contributed by atoms with Crippen molar-refractivity contribution >= 4 is 0 Å². The van der Waals surface area contributed by atoms with Gasteiger partial charge in [-0.15, -0.1) is 0 Å². The van der Waals surface area contributed by atoms with Crippen molar-refractivity contribution in [2.75, 3.05) is 6.61 Å². The summed E-state index contributed by atoms with van der Waals surface area (Å²) in [5, 5.41) is 9.54. The number of benzene rings is 1. The summed E-state index contributed by atoms with van der Waals surface area (Å²) in [6.07, 6.45) is 6.01. The number of unbranched alkanes of at least 4 members (excludes halogenated alkanes) is 3. The van der Waals surface area contributed by atoms with Crippen LogP contribution in [0.5, 0.6) is 11.5 Å². The van der Waals surface area contributed by atoms with E-state index in [0.717, 1.165) is 12.2 Å². The Morgan fingerprint density at radius 2 is 1.88 bits per heavy atom. The number of hydrogen-bond donors (Lipinski definition) is 1. The summed E-state index contributed by atoms with van der Waals surface area (Å²) in [5.41, 5.74) is 1.17. The molecule has 0 aliphatic rings. The molecule has 0 heterocycles. The van der Waals surface area contributed by atoms with Crippen LogP contribution in [-0.2, 0) is 6.42 Å². The van der Waals surface area contributed by atoms with Gasteiger partial charge in [0.1, 0.15) is 11.5 Å². The Balaban J connectivity index is 2.51. The molecule has 0 radical (unpaired) electrons. The highest BCUT2D eigenvalue weighted by Gasteiger charge is 2.01. The Labute approximate surface area is 98.3 Å². The summed E-state index contributed by atoms with van der Waals surface area (Å²) < 4.78 is 5.39. The molecule has 0 fully saturated rings. The minimum absolute atomic E-state index is 0.302. The quantitative estimate of drug-likeness (QED) is 0.709. The van der Waals surface area contributed by atoms with Crippen molar-refractivity contribution in [1.29, 1.82) is 0 Å². The molecule has 0 spiro atoms. The van der Waals surface area contributed by atoms with E-state index in [4.69, 9.17) is 4.74 Å². The maximum atomic E-state index is 9.54. The number of rotatable bonds is 7. The normalized spacial score (nSPS) is 10.4. The second kappa shape index (κ2) is 7.15. The molecule has 0 atom stereocenters. The molecule has 2 nitrogen and oxygen atoms in total. The molecule has 1 rings (SSSR count). The Hall–Kier alpha value is -1.18. The molecule has 0 saturated carbocycles. The monoisotopic (exact) mass is 222 g/mol. The van der Waals surface area contributed by atoms with Gasteiger partial charge < -0.3 is 9.84 Å². The zero-order valence-corrected chi connectivity index (χ0v) is 10.3. The predicted octanol–water partition coefficient (Wildman–Crippen LogP) is 3.91. The van der Waals surface area contributed by atoms with E-state index in [1.165, 1.54) is 31.2 Å². The molecular weight excluding hydrogens is 200 g/mol. The summed E-state index contributed by atoms with van der Waals surface area (Å²) in [5.74, 6) is 1.07. The lowest BCUT2D eigenvalue weighted by Crippen LogP contribution is -1.93. The summed E-state index contributed by atoms with van der Waals surface area (Å²) in [6, 6.07) is 5.52. The van der Waals surface area contributed by atoms with Crippen molar-refractivity contribution in [3.8, 4) is 11.5 Å². The van der Waals surface area contributed by atoms with Crippen LogP contribution in [0.25, 0.3) is 0 Å². The Morgan fingerprint density at radius 3 is 2.56 bits per heavy atom. The van der Waals surface area contributed by atoms with Gasteiger partial charge in [0.2, 0.25) is 0 Å². The van der Waals surface area contributed by atoms with E-state index >= 15 is 0 Å². The van der Waals surface area contributed by atoms with Crippen LogP contribution < -0.4 is 4.74 Å². The fourth-order valence-electron chi connectivity index (χ4n) is 1.79. The van der Waals surface area contributed by atoms with Crippen LogP contribution in [-0.4, -0.2) is 11.7 Å². The SMILES string of the molecule is CCCCCCc1cc(O)cc(OCC)c1. The van der Waals surface area contributed by atoms with Gasteiger partial charge in [-0.05, 0) is 37.5 Å². The Morgan fingerprint density at radius 1 is 1.06 bits per heavy atom. The number of phenols is 1. The fraction of sp³-hybridized carbons (Fsp3) is 0.571. The third-order valence-corrected chi connectivity index (χ3v) is 2.58. The average Bonchev–Trinajstić information content (AvgIpc) is 2.24. The molecule has 2 heteroatoms. The first-order valence-electron chi connectivity index (χ1n) is 6.22. The van der Waals surface area contributed by atoms with Gasteiger partial charge in [0.25, 0.3) is 0 Å². The number of hydrogen-bond acceptors (Lipinski definition) is 2. The summed E-state index contributed by atoms with van der Waals surface area (Å²) in [6.45, 7) is 4.80. The lowest BCUT2D eigenvalue weighted by molar-refractivity contribution is 0.337. The fourth-order valence-corrected chi connectivity index (χ4v) is 1.79. The molecule has 0 aliphatic carbocycles. The smallest absolute Gasteiger partial charge is 0.123 e. The van der Waals surface area contributed by atoms with Crippen molar-refractivity contribution in [3.05, 3.63) is 23.8 Å². The van der Waals surface area contributed by atoms with Gasteiger partial charge in [-0.25, -0.2) is 0 Å². The van der Waals surface area contributed by atoms with E-state index < -0.39 is 0 Å². The summed E-state index contributed by atoms with van der Waals surface area (Å²) in [4.78, 5) is 0. The minimum atomic E-state index is 0.302. The van der Waals surface area contributed by atoms with E-state index in [2.05, 4.69) is 6.92 Å². The van der Waals surface area contributed by atoms with Crippen LogP contribution in [0.15, 0.2) is 18.2 Å². The Kier molecular flexibility index (Phi) is 5.76. The minimum Gasteiger partial charge on any atom is -0.508 e. The first kappa shape index (κ1) is 12.9. The molecule has 0 unspecified atom stereocenters. The highest BCUT2D eigenvalue weighted by Crippen LogP contribution is 2.23. The molecule has 0 aliphatic heterocycles. The molecule has 1 aromatic carbocycles. The van der Waals surface area contributed by atoms with Crippen LogP contribution in [0.2, 0.25) is 0 Å². The van der Waals surface area contributed by atoms with Crippen LogP contribution in [0.3, 0.4) is 0 Å². The van der Waals surface area contributed by atoms with Gasteiger partial charge in [-0.2, -0.15) is 0 Å². The van der Waals surface area contributed by atoms with Gasteiger partial charge in [0, 0.05) is 6.07 Å². The predicted molar refractivity (Wildman–Crippen MR) is 67.1 cm³/mol. The summed E-state index contributed by atoms with van der Waals surface area (Å²) in [7, 11) is 0. The second-order valence-corrected chi connectivity index (χ2v) is 4.08. The van der Waals surface area contributed by atoms with Gasteiger partial charge in [0.05, 0.1) is 6.61 Å². The van der Waals surface area contributed by atoms with Crippen molar-refractivity contribution < 1.29 is 9.84 Å².